The first-order valence-electron chi connectivity index (χ1n) is 5.26. The van der Waals surface area contributed by atoms with Gasteiger partial charge in [-0.1, -0.05) is 17.7 Å². The van der Waals surface area contributed by atoms with Crippen LogP contribution in [0.3, 0.4) is 0 Å². The number of aryl methyl sites for hydroxylation is 1. The topological polar surface area (TPSA) is 70.7 Å². The Bertz CT molecular complexity index is 588. The van der Waals surface area contributed by atoms with E-state index in [9.17, 15) is 14.3 Å². The second-order valence-electron chi connectivity index (χ2n) is 3.93. The van der Waals surface area contributed by atoms with Gasteiger partial charge in [-0.25, -0.2) is 9.18 Å². The number of carboxylic acids is 1. The molecule has 0 spiro atoms. The zero-order valence-electron chi connectivity index (χ0n) is 9.55. The van der Waals surface area contributed by atoms with Crippen LogP contribution in [-0.4, -0.2) is 16.2 Å². The van der Waals surface area contributed by atoms with Gasteiger partial charge in [0.1, 0.15) is 17.7 Å². The third kappa shape index (κ3) is 2.26. The summed E-state index contributed by atoms with van der Waals surface area (Å²) in [5.41, 5.74) is 0.844. The fourth-order valence-electron chi connectivity index (χ4n) is 1.64. The molecule has 2 aromatic rings. The number of aliphatic hydroxyl groups excluding tert-OH is 1. The minimum atomic E-state index is -1.32. The number of furan rings is 1. The van der Waals surface area contributed by atoms with Gasteiger partial charge in [0.25, 0.3) is 0 Å². The SMILES string of the molecule is Cc1ccc(F)c(C(O)c2ccc(C(=O)O)o2)c1. The van der Waals surface area contributed by atoms with Crippen molar-refractivity contribution in [2.24, 2.45) is 0 Å². The number of aromatic carboxylic acids is 1. The molecule has 1 atom stereocenters. The Kier molecular flexibility index (Phi) is 3.16. The maximum absolute atomic E-state index is 13.6. The highest BCUT2D eigenvalue weighted by molar-refractivity contribution is 5.84. The molecule has 1 heterocycles. The van der Waals surface area contributed by atoms with Crippen LogP contribution >= 0.6 is 0 Å². The molecular formula is C13H11FO4. The highest BCUT2D eigenvalue weighted by Gasteiger charge is 2.20. The highest BCUT2D eigenvalue weighted by atomic mass is 19.1. The van der Waals surface area contributed by atoms with E-state index in [4.69, 9.17) is 9.52 Å². The third-order valence-electron chi connectivity index (χ3n) is 2.55. The molecule has 0 aliphatic carbocycles. The Hall–Kier alpha value is -2.14. The number of carbonyl (C=O) groups is 1. The van der Waals surface area contributed by atoms with E-state index in [1.165, 1.54) is 24.3 Å². The maximum atomic E-state index is 13.6. The summed E-state index contributed by atoms with van der Waals surface area (Å²) in [6.07, 6.45) is -1.32. The van der Waals surface area contributed by atoms with Gasteiger partial charge < -0.3 is 14.6 Å². The predicted octanol–water partition coefficient (Wildman–Crippen LogP) is 2.51. The minimum absolute atomic E-state index is 0.00287. The number of benzene rings is 1. The van der Waals surface area contributed by atoms with Gasteiger partial charge in [-0.15, -0.1) is 0 Å². The van der Waals surface area contributed by atoms with Crippen LogP contribution in [0.15, 0.2) is 34.7 Å². The number of aliphatic hydroxyl groups is 1. The average molecular weight is 250 g/mol. The normalized spacial score (nSPS) is 12.4. The van der Waals surface area contributed by atoms with Gasteiger partial charge in [-0.2, -0.15) is 0 Å². The molecule has 1 unspecified atom stereocenters. The molecule has 0 fully saturated rings. The van der Waals surface area contributed by atoms with E-state index < -0.39 is 17.9 Å². The van der Waals surface area contributed by atoms with Crippen LogP contribution in [0.25, 0.3) is 0 Å². The second-order valence-corrected chi connectivity index (χ2v) is 3.93. The van der Waals surface area contributed by atoms with E-state index in [1.54, 1.807) is 13.0 Å². The van der Waals surface area contributed by atoms with Gasteiger partial charge in [0.15, 0.2) is 0 Å². The van der Waals surface area contributed by atoms with E-state index in [-0.39, 0.29) is 17.1 Å². The van der Waals surface area contributed by atoms with Gasteiger partial charge in [-0.05, 0) is 25.1 Å². The molecule has 18 heavy (non-hydrogen) atoms. The van der Waals surface area contributed by atoms with Gasteiger partial charge in [0.2, 0.25) is 5.76 Å². The molecule has 5 heteroatoms. The first-order valence-corrected chi connectivity index (χ1v) is 5.26. The van der Waals surface area contributed by atoms with Crippen molar-refractivity contribution in [2.45, 2.75) is 13.0 Å². The first-order chi connectivity index (χ1) is 8.49. The van der Waals surface area contributed by atoms with Crippen molar-refractivity contribution in [2.75, 3.05) is 0 Å². The Morgan fingerprint density at radius 2 is 2.06 bits per heavy atom. The Morgan fingerprint density at radius 1 is 1.33 bits per heavy atom. The fraction of sp³-hybridized carbons (Fsp3) is 0.154. The summed E-state index contributed by atoms with van der Waals surface area (Å²) in [5, 5.41) is 18.7. The third-order valence-corrected chi connectivity index (χ3v) is 2.55. The molecule has 0 aliphatic rings. The molecule has 2 N–H and O–H groups in total. The van der Waals surface area contributed by atoms with E-state index in [1.807, 2.05) is 0 Å². The van der Waals surface area contributed by atoms with Crippen LogP contribution in [0.4, 0.5) is 4.39 Å². The molecular weight excluding hydrogens is 239 g/mol. The van der Waals surface area contributed by atoms with Crippen molar-refractivity contribution in [3.63, 3.8) is 0 Å². The Labute approximate surface area is 102 Å². The van der Waals surface area contributed by atoms with Crippen molar-refractivity contribution in [1.82, 2.24) is 0 Å². The molecule has 0 bridgehead atoms. The summed E-state index contributed by atoms with van der Waals surface area (Å²) in [4.78, 5) is 10.6. The number of halogens is 1. The van der Waals surface area contributed by atoms with E-state index >= 15 is 0 Å². The quantitative estimate of drug-likeness (QED) is 0.878. The maximum Gasteiger partial charge on any atom is 0.371 e. The Morgan fingerprint density at radius 3 is 2.67 bits per heavy atom. The number of rotatable bonds is 3. The van der Waals surface area contributed by atoms with Crippen molar-refractivity contribution < 1.29 is 23.8 Å². The van der Waals surface area contributed by atoms with Gasteiger partial charge in [0, 0.05) is 5.56 Å². The van der Waals surface area contributed by atoms with Crippen LogP contribution in [0.1, 0.15) is 33.5 Å². The molecule has 1 aromatic heterocycles. The molecule has 94 valence electrons. The first kappa shape index (κ1) is 12.3. The van der Waals surface area contributed by atoms with Crippen LogP contribution in [0, 0.1) is 12.7 Å². The van der Waals surface area contributed by atoms with Crippen molar-refractivity contribution >= 4 is 5.97 Å². The monoisotopic (exact) mass is 250 g/mol. The summed E-state index contributed by atoms with van der Waals surface area (Å²) < 4.78 is 18.5. The van der Waals surface area contributed by atoms with E-state index in [2.05, 4.69) is 0 Å². The standard InChI is InChI=1S/C13H11FO4/c1-7-2-3-9(14)8(6-7)12(15)10-4-5-11(18-10)13(16)17/h2-6,12,15H,1H3,(H,16,17). The summed E-state index contributed by atoms with van der Waals surface area (Å²) in [6.45, 7) is 1.76. The summed E-state index contributed by atoms with van der Waals surface area (Å²) in [6, 6.07) is 6.85. The van der Waals surface area contributed by atoms with Crippen molar-refractivity contribution in [3.8, 4) is 0 Å². The van der Waals surface area contributed by atoms with Gasteiger partial charge in [0.05, 0.1) is 0 Å². The van der Waals surface area contributed by atoms with Crippen molar-refractivity contribution in [3.05, 3.63) is 58.8 Å². The summed E-state index contributed by atoms with van der Waals surface area (Å²) >= 11 is 0. The van der Waals surface area contributed by atoms with Crippen LogP contribution in [-0.2, 0) is 0 Å². The summed E-state index contributed by atoms with van der Waals surface area (Å²) in [5.74, 6) is -2.10. The number of hydrogen-bond donors (Lipinski definition) is 2. The van der Waals surface area contributed by atoms with Crippen molar-refractivity contribution in [1.29, 1.82) is 0 Å². The van der Waals surface area contributed by atoms with E-state index in [0.717, 1.165) is 5.56 Å². The number of carboxylic acid groups (broad SMARTS) is 1. The van der Waals surface area contributed by atoms with Crippen LogP contribution in [0.2, 0.25) is 0 Å². The molecule has 4 nitrogen and oxygen atoms in total. The lowest BCUT2D eigenvalue weighted by Gasteiger charge is -2.10. The van der Waals surface area contributed by atoms with E-state index in [0.29, 0.717) is 0 Å². The molecule has 0 amide bonds. The zero-order valence-corrected chi connectivity index (χ0v) is 9.55. The lowest BCUT2D eigenvalue weighted by Crippen LogP contribution is -2.02. The number of hydrogen-bond acceptors (Lipinski definition) is 3. The Balaban J connectivity index is 2.37. The lowest BCUT2D eigenvalue weighted by molar-refractivity contribution is 0.0655. The summed E-state index contributed by atoms with van der Waals surface area (Å²) in [7, 11) is 0. The molecule has 0 aliphatic heterocycles. The largest absolute Gasteiger partial charge is 0.475 e. The molecule has 0 saturated carbocycles. The lowest BCUT2D eigenvalue weighted by atomic mass is 10.0. The smallest absolute Gasteiger partial charge is 0.371 e. The predicted molar refractivity (Wildman–Crippen MR) is 60.9 cm³/mol. The van der Waals surface area contributed by atoms with Crippen LogP contribution in [0.5, 0.6) is 0 Å². The van der Waals surface area contributed by atoms with Gasteiger partial charge >= 0.3 is 5.97 Å². The van der Waals surface area contributed by atoms with Gasteiger partial charge in [-0.3, -0.25) is 0 Å². The molecule has 1 aromatic carbocycles. The highest BCUT2D eigenvalue weighted by Crippen LogP contribution is 2.26. The second kappa shape index (κ2) is 4.62. The average Bonchev–Trinajstić information content (AvgIpc) is 2.81. The molecule has 0 radical (unpaired) electrons. The minimum Gasteiger partial charge on any atom is -0.475 e. The molecule has 2 rings (SSSR count). The van der Waals surface area contributed by atoms with Crippen LogP contribution < -0.4 is 0 Å². The fourth-order valence-corrected chi connectivity index (χ4v) is 1.64. The molecule has 0 saturated heterocycles. The zero-order chi connectivity index (χ0) is 13.3.